The summed E-state index contributed by atoms with van der Waals surface area (Å²) in [6.45, 7) is 12.6. The number of hydrogen-bond donors (Lipinski definition) is 3. The molecule has 9 nitrogen and oxygen atoms in total. The Morgan fingerprint density at radius 1 is 1.00 bits per heavy atom. The van der Waals surface area contributed by atoms with E-state index in [9.17, 15) is 0 Å². The summed E-state index contributed by atoms with van der Waals surface area (Å²) < 4.78 is 0. The molecule has 37 heavy (non-hydrogen) atoms. The van der Waals surface area contributed by atoms with Crippen molar-refractivity contribution in [2.45, 2.75) is 40.0 Å². The monoisotopic (exact) mass is 493 g/mol. The number of anilines is 2. The third-order valence-corrected chi connectivity index (χ3v) is 6.90. The van der Waals surface area contributed by atoms with Crippen molar-refractivity contribution in [3.63, 3.8) is 0 Å². The average molecular weight is 494 g/mol. The van der Waals surface area contributed by atoms with Gasteiger partial charge in [0, 0.05) is 42.2 Å². The SMILES string of the molecule is C=C(Nc1cncc(-c2ccc3[nH]nc(-c4nc5c(N6CCCCC6)nccc5[nH]4)c3n2)c1)C(C)(C)C. The number of aromatic nitrogens is 7. The van der Waals surface area contributed by atoms with Crippen LogP contribution in [0, 0.1) is 5.41 Å². The maximum absolute atomic E-state index is 4.96. The van der Waals surface area contributed by atoms with E-state index in [-0.39, 0.29) is 5.41 Å². The first kappa shape index (κ1) is 23.1. The second-order valence-electron chi connectivity index (χ2n) is 10.6. The van der Waals surface area contributed by atoms with Crippen molar-refractivity contribution in [1.82, 2.24) is 35.1 Å². The summed E-state index contributed by atoms with van der Waals surface area (Å²) in [6, 6.07) is 7.96. The predicted octanol–water partition coefficient (Wildman–Crippen LogP) is 5.92. The first-order chi connectivity index (χ1) is 17.9. The number of aromatic amines is 2. The predicted molar refractivity (Wildman–Crippen MR) is 148 cm³/mol. The lowest BCUT2D eigenvalue weighted by Gasteiger charge is -2.27. The number of fused-ring (bicyclic) bond motifs is 2. The van der Waals surface area contributed by atoms with Gasteiger partial charge in [-0.3, -0.25) is 10.1 Å². The standard InChI is InChI=1S/C28H31N9/c1-17(28(2,3)4)31-19-14-18(15-29-16-19)20-8-9-22-23(32-20)25(36-35-22)26-33-21-10-11-30-27(24(21)34-26)37-12-6-5-7-13-37/h8-11,14-16,31H,1,5-7,12-13H2,2-4H3,(H,33,34)(H,35,36). The molecule has 0 bridgehead atoms. The van der Waals surface area contributed by atoms with E-state index in [1.54, 1.807) is 6.20 Å². The number of imidazole rings is 1. The maximum atomic E-state index is 4.96. The lowest BCUT2D eigenvalue weighted by atomic mass is 9.93. The Hall–Kier alpha value is -4.27. The fourth-order valence-electron chi connectivity index (χ4n) is 4.61. The molecule has 0 spiro atoms. The Bertz CT molecular complexity index is 1600. The number of allylic oxidation sites excluding steroid dienone is 1. The normalized spacial score (nSPS) is 14.4. The van der Waals surface area contributed by atoms with Gasteiger partial charge in [0.25, 0.3) is 0 Å². The van der Waals surface area contributed by atoms with Gasteiger partial charge in [0.15, 0.2) is 17.3 Å². The molecule has 1 saturated heterocycles. The van der Waals surface area contributed by atoms with Gasteiger partial charge >= 0.3 is 0 Å². The molecule has 1 fully saturated rings. The fraction of sp³-hybridized carbons (Fsp3) is 0.321. The summed E-state index contributed by atoms with van der Waals surface area (Å²) in [6.07, 6.45) is 9.09. The highest BCUT2D eigenvalue weighted by Crippen LogP contribution is 2.32. The van der Waals surface area contributed by atoms with Crippen molar-refractivity contribution in [2.24, 2.45) is 5.41 Å². The molecular formula is C28H31N9. The molecule has 0 radical (unpaired) electrons. The molecule has 3 N–H and O–H groups in total. The zero-order chi connectivity index (χ0) is 25.6. The first-order valence-corrected chi connectivity index (χ1v) is 12.7. The van der Waals surface area contributed by atoms with E-state index < -0.39 is 0 Å². The Balaban J connectivity index is 1.37. The lowest BCUT2D eigenvalue weighted by Crippen LogP contribution is -2.30. The van der Waals surface area contributed by atoms with Gasteiger partial charge in [0.1, 0.15) is 11.0 Å². The molecular weight excluding hydrogens is 462 g/mol. The first-order valence-electron chi connectivity index (χ1n) is 12.7. The highest BCUT2D eigenvalue weighted by molar-refractivity contribution is 5.94. The van der Waals surface area contributed by atoms with Gasteiger partial charge < -0.3 is 15.2 Å². The van der Waals surface area contributed by atoms with Crippen LogP contribution in [0.5, 0.6) is 0 Å². The van der Waals surface area contributed by atoms with Gasteiger partial charge in [-0.2, -0.15) is 5.10 Å². The van der Waals surface area contributed by atoms with Crippen LogP contribution >= 0.6 is 0 Å². The number of hydrogen-bond acceptors (Lipinski definition) is 7. The average Bonchev–Trinajstić information content (AvgIpc) is 3.52. The number of nitrogens with zero attached hydrogens (tertiary/aromatic N) is 6. The van der Waals surface area contributed by atoms with Crippen LogP contribution in [-0.4, -0.2) is 48.2 Å². The van der Waals surface area contributed by atoms with Crippen molar-refractivity contribution in [2.75, 3.05) is 23.3 Å². The number of piperidine rings is 1. The molecule has 0 amide bonds. The maximum Gasteiger partial charge on any atom is 0.161 e. The molecule has 1 aliphatic heterocycles. The molecule has 0 atom stereocenters. The lowest BCUT2D eigenvalue weighted by molar-refractivity contribution is 0.509. The van der Waals surface area contributed by atoms with Gasteiger partial charge in [0.2, 0.25) is 0 Å². The number of pyridine rings is 3. The van der Waals surface area contributed by atoms with Crippen LogP contribution in [0.3, 0.4) is 0 Å². The van der Waals surface area contributed by atoms with Crippen LogP contribution in [-0.2, 0) is 0 Å². The van der Waals surface area contributed by atoms with Crippen molar-refractivity contribution in [3.8, 4) is 22.8 Å². The second kappa shape index (κ2) is 8.99. The van der Waals surface area contributed by atoms with Crippen LogP contribution in [0.1, 0.15) is 40.0 Å². The van der Waals surface area contributed by atoms with Crippen LogP contribution in [0.25, 0.3) is 44.8 Å². The minimum absolute atomic E-state index is 0.0607. The van der Waals surface area contributed by atoms with Gasteiger partial charge in [-0.05, 0) is 43.5 Å². The summed E-state index contributed by atoms with van der Waals surface area (Å²) in [4.78, 5) is 24.8. The van der Waals surface area contributed by atoms with Crippen LogP contribution in [0.2, 0.25) is 0 Å². The number of rotatable bonds is 5. The van der Waals surface area contributed by atoms with Gasteiger partial charge in [0.05, 0.1) is 28.6 Å². The molecule has 0 aliphatic carbocycles. The Labute approximate surface area is 215 Å². The Kier molecular flexibility index (Phi) is 5.62. The quantitative estimate of drug-likeness (QED) is 0.279. The molecule has 1 aliphatic rings. The summed E-state index contributed by atoms with van der Waals surface area (Å²) in [5.74, 6) is 1.60. The number of nitrogens with one attached hydrogen (secondary N) is 3. The summed E-state index contributed by atoms with van der Waals surface area (Å²) >= 11 is 0. The van der Waals surface area contributed by atoms with E-state index in [1.807, 2.05) is 36.7 Å². The molecule has 6 rings (SSSR count). The van der Waals surface area contributed by atoms with Gasteiger partial charge in [-0.25, -0.2) is 15.0 Å². The molecule has 0 unspecified atom stereocenters. The largest absolute Gasteiger partial charge is 0.358 e. The van der Waals surface area contributed by atoms with Gasteiger partial charge in [-0.1, -0.05) is 27.4 Å². The third-order valence-electron chi connectivity index (χ3n) is 6.90. The Morgan fingerprint density at radius 2 is 1.84 bits per heavy atom. The van der Waals surface area contributed by atoms with E-state index in [0.717, 1.165) is 63.6 Å². The molecule has 5 aromatic heterocycles. The minimum Gasteiger partial charge on any atom is -0.358 e. The van der Waals surface area contributed by atoms with Crippen molar-refractivity contribution in [1.29, 1.82) is 0 Å². The van der Waals surface area contributed by atoms with Crippen molar-refractivity contribution >= 4 is 33.6 Å². The third kappa shape index (κ3) is 4.41. The van der Waals surface area contributed by atoms with Crippen LogP contribution < -0.4 is 10.2 Å². The van der Waals surface area contributed by atoms with Crippen molar-refractivity contribution in [3.05, 3.63) is 55.1 Å². The summed E-state index contributed by atoms with van der Waals surface area (Å²) in [7, 11) is 0. The van der Waals surface area contributed by atoms with E-state index >= 15 is 0 Å². The summed E-state index contributed by atoms with van der Waals surface area (Å²) in [5.41, 5.74) is 7.54. The van der Waals surface area contributed by atoms with E-state index in [2.05, 4.69) is 62.7 Å². The smallest absolute Gasteiger partial charge is 0.161 e. The Morgan fingerprint density at radius 3 is 2.65 bits per heavy atom. The topological polar surface area (TPSA) is 111 Å². The zero-order valence-electron chi connectivity index (χ0n) is 21.5. The van der Waals surface area contributed by atoms with Gasteiger partial charge in [-0.15, -0.1) is 0 Å². The van der Waals surface area contributed by atoms with E-state index in [0.29, 0.717) is 11.5 Å². The molecule has 0 aromatic carbocycles. The van der Waals surface area contributed by atoms with Crippen LogP contribution in [0.15, 0.2) is 55.1 Å². The minimum atomic E-state index is -0.0607. The van der Waals surface area contributed by atoms with E-state index in [1.165, 1.54) is 19.3 Å². The van der Waals surface area contributed by atoms with Crippen molar-refractivity contribution < 1.29 is 0 Å². The highest BCUT2D eigenvalue weighted by atomic mass is 15.2. The molecule has 5 aromatic rings. The second-order valence-corrected chi connectivity index (χ2v) is 10.6. The van der Waals surface area contributed by atoms with Crippen LogP contribution in [0.4, 0.5) is 11.5 Å². The zero-order valence-corrected chi connectivity index (χ0v) is 21.5. The fourth-order valence-corrected chi connectivity index (χ4v) is 4.61. The molecule has 9 heteroatoms. The highest BCUT2D eigenvalue weighted by Gasteiger charge is 2.20. The molecule has 6 heterocycles. The molecule has 188 valence electrons. The summed E-state index contributed by atoms with van der Waals surface area (Å²) in [5, 5.41) is 11.1. The number of H-pyrrole nitrogens is 2. The van der Waals surface area contributed by atoms with E-state index in [4.69, 9.17) is 9.97 Å². The molecule has 0 saturated carbocycles.